The van der Waals surface area contributed by atoms with Gasteiger partial charge in [0.2, 0.25) is 5.91 Å². The predicted octanol–water partition coefficient (Wildman–Crippen LogP) is 3.86. The van der Waals surface area contributed by atoms with Gasteiger partial charge in [0.25, 0.3) is 0 Å². The van der Waals surface area contributed by atoms with Crippen LogP contribution >= 0.6 is 0 Å². The molecule has 0 N–H and O–H groups in total. The van der Waals surface area contributed by atoms with Crippen molar-refractivity contribution in [3.8, 4) is 0 Å². The largest absolute Gasteiger partial charge is 0.466 e. The number of allylic oxidation sites excluding steroid dienone is 1. The maximum atomic E-state index is 12.2. The van der Waals surface area contributed by atoms with E-state index in [0.717, 1.165) is 37.7 Å². The van der Waals surface area contributed by atoms with E-state index >= 15 is 0 Å². The summed E-state index contributed by atoms with van der Waals surface area (Å²) in [5.41, 5.74) is 0.999. The summed E-state index contributed by atoms with van der Waals surface area (Å²) in [6.07, 6.45) is 9.36. The van der Waals surface area contributed by atoms with Crippen LogP contribution in [0.2, 0.25) is 0 Å². The lowest BCUT2D eigenvalue weighted by Crippen LogP contribution is -2.32. The van der Waals surface area contributed by atoms with Gasteiger partial charge in [-0.15, -0.1) is 0 Å². The van der Waals surface area contributed by atoms with Crippen molar-refractivity contribution >= 4 is 17.7 Å². The summed E-state index contributed by atoms with van der Waals surface area (Å²) in [6.45, 7) is 2.95. The molecule has 152 valence electrons. The number of benzene rings is 1. The molecule has 1 aliphatic heterocycles. The van der Waals surface area contributed by atoms with E-state index in [1.54, 1.807) is 6.08 Å². The second-order valence-electron chi connectivity index (χ2n) is 7.15. The minimum absolute atomic E-state index is 0.0201. The number of rotatable bonds is 12. The Hall–Kier alpha value is -2.43. The van der Waals surface area contributed by atoms with Crippen molar-refractivity contribution in [2.75, 3.05) is 13.2 Å². The zero-order chi connectivity index (χ0) is 20.2. The molecule has 1 amide bonds. The van der Waals surface area contributed by atoms with Crippen molar-refractivity contribution in [1.29, 1.82) is 0 Å². The van der Waals surface area contributed by atoms with E-state index in [9.17, 15) is 14.4 Å². The van der Waals surface area contributed by atoms with Crippen molar-refractivity contribution in [2.45, 2.75) is 64.3 Å². The van der Waals surface area contributed by atoms with Crippen LogP contribution in [0.3, 0.4) is 0 Å². The molecule has 1 saturated heterocycles. The fraction of sp³-hybridized carbons (Fsp3) is 0.522. The number of nitrogens with zero attached hydrogens (tertiary/aromatic N) is 1. The lowest BCUT2D eigenvalue weighted by molar-refractivity contribution is -0.143. The Morgan fingerprint density at radius 3 is 2.64 bits per heavy atom. The number of hydrogen-bond acceptors (Lipinski definition) is 4. The highest BCUT2D eigenvalue weighted by Crippen LogP contribution is 2.21. The molecule has 2 rings (SSSR count). The molecule has 0 aromatic heterocycles. The van der Waals surface area contributed by atoms with Crippen LogP contribution in [0.1, 0.15) is 57.4 Å². The van der Waals surface area contributed by atoms with E-state index in [1.165, 1.54) is 0 Å². The predicted molar refractivity (Wildman–Crippen MR) is 109 cm³/mol. The fourth-order valence-electron chi connectivity index (χ4n) is 3.46. The first-order valence-electron chi connectivity index (χ1n) is 10.3. The third-order valence-corrected chi connectivity index (χ3v) is 4.94. The molecule has 1 aromatic carbocycles. The normalized spacial score (nSPS) is 16.7. The molecular formula is C23H31NO4. The second-order valence-corrected chi connectivity index (χ2v) is 7.15. The van der Waals surface area contributed by atoms with Gasteiger partial charge in [0.05, 0.1) is 12.6 Å². The van der Waals surface area contributed by atoms with E-state index in [2.05, 4.69) is 0 Å². The van der Waals surface area contributed by atoms with Crippen LogP contribution in [0.5, 0.6) is 0 Å². The number of amides is 1. The van der Waals surface area contributed by atoms with E-state index in [-0.39, 0.29) is 23.7 Å². The maximum absolute atomic E-state index is 12.2. The third-order valence-electron chi connectivity index (χ3n) is 4.94. The number of hydrogen-bond donors (Lipinski definition) is 0. The molecule has 1 aliphatic rings. The number of likely N-dealkylation sites (tertiary alicyclic amines) is 1. The van der Waals surface area contributed by atoms with Gasteiger partial charge < -0.3 is 9.64 Å². The summed E-state index contributed by atoms with van der Waals surface area (Å²) in [4.78, 5) is 37.5. The fourth-order valence-corrected chi connectivity index (χ4v) is 3.46. The minimum atomic E-state index is -0.136. The van der Waals surface area contributed by atoms with Gasteiger partial charge in [-0.05, 0) is 37.8 Å². The number of carbonyl (C=O) groups excluding carboxylic acids is 3. The smallest absolute Gasteiger partial charge is 0.305 e. The molecule has 5 heteroatoms. The molecule has 28 heavy (non-hydrogen) atoms. The van der Waals surface area contributed by atoms with Crippen LogP contribution in [0.25, 0.3) is 0 Å². The molecule has 0 spiro atoms. The second kappa shape index (κ2) is 12.1. The molecule has 1 atom stereocenters. The molecular weight excluding hydrogens is 354 g/mol. The zero-order valence-corrected chi connectivity index (χ0v) is 16.8. The average molecular weight is 386 g/mol. The molecule has 1 unspecified atom stereocenters. The quantitative estimate of drug-likeness (QED) is 0.311. The van der Waals surface area contributed by atoms with Crippen LogP contribution < -0.4 is 0 Å². The highest BCUT2D eigenvalue weighted by molar-refractivity contribution is 5.91. The highest BCUT2D eigenvalue weighted by atomic mass is 16.5. The summed E-state index contributed by atoms with van der Waals surface area (Å²) >= 11 is 0. The van der Waals surface area contributed by atoms with E-state index in [4.69, 9.17) is 4.74 Å². The molecule has 5 nitrogen and oxygen atoms in total. The topological polar surface area (TPSA) is 63.7 Å². The Morgan fingerprint density at radius 1 is 1.14 bits per heavy atom. The number of ether oxygens (including phenoxy) is 1. The minimum Gasteiger partial charge on any atom is -0.466 e. The van der Waals surface area contributed by atoms with Crippen LogP contribution in [-0.4, -0.2) is 41.8 Å². The Morgan fingerprint density at radius 2 is 1.89 bits per heavy atom. The van der Waals surface area contributed by atoms with Gasteiger partial charge in [0.1, 0.15) is 0 Å². The van der Waals surface area contributed by atoms with E-state index in [1.807, 2.05) is 48.2 Å². The van der Waals surface area contributed by atoms with E-state index < -0.39 is 0 Å². The monoisotopic (exact) mass is 385 g/mol. The molecule has 1 aromatic rings. The first-order chi connectivity index (χ1) is 13.6. The molecule has 0 saturated carbocycles. The molecule has 0 bridgehead atoms. The van der Waals surface area contributed by atoms with Gasteiger partial charge in [-0.1, -0.05) is 49.2 Å². The van der Waals surface area contributed by atoms with Crippen LogP contribution in [0, 0.1) is 0 Å². The summed E-state index contributed by atoms with van der Waals surface area (Å²) in [6, 6.07) is 9.69. The number of unbranched alkanes of at least 4 members (excludes halogenated alkanes) is 3. The first kappa shape index (κ1) is 21.9. The van der Waals surface area contributed by atoms with Gasteiger partial charge in [-0.3, -0.25) is 14.4 Å². The maximum Gasteiger partial charge on any atom is 0.305 e. The van der Waals surface area contributed by atoms with Crippen LogP contribution in [0.15, 0.2) is 42.5 Å². The Balaban J connectivity index is 1.70. The molecule has 1 fully saturated rings. The van der Waals surface area contributed by atoms with Gasteiger partial charge in [-0.2, -0.15) is 0 Å². The Bertz CT molecular complexity index is 668. The standard InChI is InChI=1S/C23H31NO4/c1-2-28-23(27)12-8-3-4-9-17-24-20(14-16-22(24)26)13-15-21(25)18-19-10-6-5-7-11-19/h5-7,10-11,13,15,20H,2-4,8-9,12,14,16-18H2,1H3/b15-13+. The Labute approximate surface area is 167 Å². The zero-order valence-electron chi connectivity index (χ0n) is 16.8. The van der Waals surface area contributed by atoms with Crippen LogP contribution in [-0.2, 0) is 25.5 Å². The first-order valence-corrected chi connectivity index (χ1v) is 10.3. The molecule has 1 heterocycles. The van der Waals surface area contributed by atoms with Crippen molar-refractivity contribution < 1.29 is 19.1 Å². The third kappa shape index (κ3) is 7.67. The summed E-state index contributed by atoms with van der Waals surface area (Å²) < 4.78 is 4.91. The molecule has 0 radical (unpaired) electrons. The van der Waals surface area contributed by atoms with E-state index in [0.29, 0.717) is 32.4 Å². The van der Waals surface area contributed by atoms with Gasteiger partial charge in [0, 0.05) is 25.8 Å². The number of carbonyl (C=O) groups is 3. The number of ketones is 1. The van der Waals surface area contributed by atoms with Crippen molar-refractivity contribution in [3.63, 3.8) is 0 Å². The van der Waals surface area contributed by atoms with Gasteiger partial charge >= 0.3 is 5.97 Å². The van der Waals surface area contributed by atoms with Crippen molar-refractivity contribution in [1.82, 2.24) is 4.90 Å². The van der Waals surface area contributed by atoms with Crippen LogP contribution in [0.4, 0.5) is 0 Å². The van der Waals surface area contributed by atoms with Gasteiger partial charge in [0.15, 0.2) is 5.78 Å². The highest BCUT2D eigenvalue weighted by Gasteiger charge is 2.28. The van der Waals surface area contributed by atoms with Crippen molar-refractivity contribution in [3.05, 3.63) is 48.0 Å². The Kier molecular flexibility index (Phi) is 9.46. The summed E-state index contributed by atoms with van der Waals surface area (Å²) in [5, 5.41) is 0. The molecule has 0 aliphatic carbocycles. The summed E-state index contributed by atoms with van der Waals surface area (Å²) in [5.74, 6) is 0.0868. The van der Waals surface area contributed by atoms with Gasteiger partial charge in [-0.25, -0.2) is 0 Å². The van der Waals surface area contributed by atoms with Crippen molar-refractivity contribution in [2.24, 2.45) is 0 Å². The SMILES string of the molecule is CCOC(=O)CCCCCCN1C(=O)CCC1/C=C/C(=O)Cc1ccccc1. The lowest BCUT2D eigenvalue weighted by atomic mass is 10.1. The lowest BCUT2D eigenvalue weighted by Gasteiger charge is -2.22. The number of esters is 1. The summed E-state index contributed by atoms with van der Waals surface area (Å²) in [7, 11) is 0. The average Bonchev–Trinajstić information content (AvgIpc) is 3.03.